The number of amides is 1. The lowest BCUT2D eigenvalue weighted by atomic mass is 10.0. The first-order valence-electron chi connectivity index (χ1n) is 8.40. The normalized spacial score (nSPS) is 11.7. The Morgan fingerprint density at radius 2 is 2.04 bits per heavy atom. The number of thiazole rings is 1. The highest BCUT2D eigenvalue weighted by Crippen LogP contribution is 2.23. The van der Waals surface area contributed by atoms with Crippen molar-refractivity contribution in [1.29, 1.82) is 0 Å². The molecule has 3 rings (SSSR count). The van der Waals surface area contributed by atoms with E-state index in [4.69, 9.17) is 11.2 Å². The number of ether oxygens (including phenoxy) is 1. The van der Waals surface area contributed by atoms with Gasteiger partial charge in [-0.15, -0.1) is 6.42 Å². The van der Waals surface area contributed by atoms with Crippen molar-refractivity contribution in [2.24, 2.45) is 4.99 Å². The highest BCUT2D eigenvalue weighted by atomic mass is 32.1. The fourth-order valence-corrected chi connectivity index (χ4v) is 3.67. The molecule has 0 saturated carbocycles. The van der Waals surface area contributed by atoms with E-state index in [9.17, 15) is 4.79 Å². The summed E-state index contributed by atoms with van der Waals surface area (Å²) >= 11 is 1.47. The molecule has 2 aromatic carbocycles. The zero-order valence-electron chi connectivity index (χ0n) is 14.8. The van der Waals surface area contributed by atoms with Gasteiger partial charge in [0.2, 0.25) is 0 Å². The molecule has 0 aliphatic heterocycles. The van der Waals surface area contributed by atoms with Gasteiger partial charge in [0, 0.05) is 0 Å². The van der Waals surface area contributed by atoms with E-state index in [0.29, 0.717) is 23.0 Å². The second kappa shape index (κ2) is 8.03. The van der Waals surface area contributed by atoms with Crippen LogP contribution in [-0.4, -0.2) is 17.1 Å². The Labute approximate surface area is 156 Å². The van der Waals surface area contributed by atoms with Crippen molar-refractivity contribution in [3.05, 3.63) is 58.9 Å². The topological polar surface area (TPSA) is 43.6 Å². The van der Waals surface area contributed by atoms with Crippen LogP contribution >= 0.6 is 11.3 Å². The van der Waals surface area contributed by atoms with Crippen LogP contribution < -0.4 is 9.54 Å². The van der Waals surface area contributed by atoms with Gasteiger partial charge in [0.15, 0.2) is 11.4 Å². The summed E-state index contributed by atoms with van der Waals surface area (Å²) < 4.78 is 8.44. The molecule has 1 heterocycles. The zero-order chi connectivity index (χ0) is 18.5. The number of hydrogen-bond donors (Lipinski definition) is 0. The van der Waals surface area contributed by atoms with Gasteiger partial charge in [0.1, 0.15) is 5.75 Å². The largest absolute Gasteiger partial charge is 0.484 e. The smallest absolute Gasteiger partial charge is 0.286 e. The van der Waals surface area contributed by atoms with E-state index in [-0.39, 0.29) is 12.5 Å². The van der Waals surface area contributed by atoms with Gasteiger partial charge in [-0.1, -0.05) is 55.4 Å². The Hall–Kier alpha value is -2.84. The van der Waals surface area contributed by atoms with Crippen LogP contribution in [0.2, 0.25) is 0 Å². The van der Waals surface area contributed by atoms with Crippen LogP contribution in [-0.2, 0) is 11.3 Å². The summed E-state index contributed by atoms with van der Waals surface area (Å²) in [6, 6.07) is 15.5. The number of benzene rings is 2. The quantitative estimate of drug-likeness (QED) is 0.643. The van der Waals surface area contributed by atoms with Crippen LogP contribution in [0.25, 0.3) is 10.2 Å². The number of carbonyl (C=O) groups is 1. The minimum Gasteiger partial charge on any atom is -0.484 e. The lowest BCUT2D eigenvalue weighted by Crippen LogP contribution is -2.19. The number of fused-ring (bicyclic) bond motifs is 1. The summed E-state index contributed by atoms with van der Waals surface area (Å²) in [6.07, 6.45) is 5.51. The van der Waals surface area contributed by atoms with Gasteiger partial charge in [-0.2, -0.15) is 4.99 Å². The average Bonchev–Trinajstić information content (AvgIpc) is 2.97. The number of carbonyl (C=O) groups excluding carboxylic acids is 1. The first-order valence-corrected chi connectivity index (χ1v) is 9.22. The fourth-order valence-electron chi connectivity index (χ4n) is 2.58. The van der Waals surface area contributed by atoms with Crippen LogP contribution in [0.1, 0.15) is 25.3 Å². The molecule has 0 bridgehead atoms. The molecule has 5 heteroatoms. The average molecular weight is 364 g/mol. The van der Waals surface area contributed by atoms with Crippen molar-refractivity contribution in [2.45, 2.75) is 26.3 Å². The maximum Gasteiger partial charge on any atom is 0.286 e. The van der Waals surface area contributed by atoms with Crippen molar-refractivity contribution in [3.8, 4) is 18.1 Å². The summed E-state index contributed by atoms with van der Waals surface area (Å²) in [7, 11) is 0. The van der Waals surface area contributed by atoms with Gasteiger partial charge in [-0.05, 0) is 35.7 Å². The van der Waals surface area contributed by atoms with Gasteiger partial charge in [-0.25, -0.2) is 0 Å². The molecule has 1 aromatic heterocycles. The number of para-hydroxylation sites is 1. The van der Waals surface area contributed by atoms with Gasteiger partial charge < -0.3 is 9.30 Å². The van der Waals surface area contributed by atoms with E-state index in [2.05, 4.69) is 36.9 Å². The summed E-state index contributed by atoms with van der Waals surface area (Å²) in [4.78, 5) is 17.1. The fraction of sp³-hybridized carbons (Fsp3) is 0.238. The molecule has 4 nitrogen and oxygen atoms in total. The molecular weight excluding hydrogens is 344 g/mol. The minimum absolute atomic E-state index is 0.106. The highest BCUT2D eigenvalue weighted by Gasteiger charge is 2.10. The number of aromatic nitrogens is 1. The van der Waals surface area contributed by atoms with Crippen molar-refractivity contribution in [2.75, 3.05) is 6.61 Å². The van der Waals surface area contributed by atoms with E-state index in [1.807, 2.05) is 28.8 Å². The Balaban J connectivity index is 1.92. The molecule has 0 aliphatic carbocycles. The highest BCUT2D eigenvalue weighted by molar-refractivity contribution is 7.16. The third-order valence-electron chi connectivity index (χ3n) is 3.95. The molecule has 1 amide bonds. The van der Waals surface area contributed by atoms with E-state index in [0.717, 1.165) is 10.2 Å². The second-order valence-corrected chi connectivity index (χ2v) is 7.17. The summed E-state index contributed by atoms with van der Waals surface area (Å²) in [5.74, 6) is 3.38. The number of terminal acetylenes is 1. The van der Waals surface area contributed by atoms with E-state index in [1.54, 1.807) is 12.1 Å². The molecule has 0 unspecified atom stereocenters. The summed E-state index contributed by atoms with van der Waals surface area (Å²) in [5, 5.41) is 0. The summed E-state index contributed by atoms with van der Waals surface area (Å²) in [5.41, 5.74) is 2.24. The van der Waals surface area contributed by atoms with Crippen LogP contribution in [0.4, 0.5) is 0 Å². The van der Waals surface area contributed by atoms with E-state index < -0.39 is 0 Å². The summed E-state index contributed by atoms with van der Waals surface area (Å²) in [6.45, 7) is 4.57. The second-order valence-electron chi connectivity index (χ2n) is 6.16. The predicted octanol–water partition coefficient (Wildman–Crippen LogP) is 3.97. The van der Waals surface area contributed by atoms with E-state index >= 15 is 0 Å². The third-order valence-corrected chi connectivity index (χ3v) is 4.99. The molecule has 0 fully saturated rings. The number of hydrogen-bond acceptors (Lipinski definition) is 3. The molecule has 0 aliphatic rings. The first kappa shape index (κ1) is 18.0. The molecule has 0 saturated heterocycles. The van der Waals surface area contributed by atoms with Crippen LogP contribution in [0.3, 0.4) is 0 Å². The van der Waals surface area contributed by atoms with Gasteiger partial charge in [0.25, 0.3) is 5.91 Å². The number of nitrogens with zero attached hydrogens (tertiary/aromatic N) is 2. The molecule has 0 spiro atoms. The van der Waals surface area contributed by atoms with Crippen molar-refractivity contribution >= 4 is 27.5 Å². The van der Waals surface area contributed by atoms with Gasteiger partial charge in [-0.3, -0.25) is 4.79 Å². The third kappa shape index (κ3) is 4.04. The molecule has 0 N–H and O–H groups in total. The zero-order valence-corrected chi connectivity index (χ0v) is 15.6. The van der Waals surface area contributed by atoms with Crippen molar-refractivity contribution < 1.29 is 9.53 Å². The molecule has 26 heavy (non-hydrogen) atoms. The predicted molar refractivity (Wildman–Crippen MR) is 105 cm³/mol. The van der Waals surface area contributed by atoms with Crippen LogP contribution in [0.5, 0.6) is 5.75 Å². The Kier molecular flexibility index (Phi) is 5.55. The van der Waals surface area contributed by atoms with Gasteiger partial charge >= 0.3 is 0 Å². The molecule has 0 radical (unpaired) electrons. The van der Waals surface area contributed by atoms with Crippen LogP contribution in [0.15, 0.2) is 53.5 Å². The Morgan fingerprint density at radius 1 is 1.27 bits per heavy atom. The molecular formula is C21H20N2O2S. The molecule has 3 aromatic rings. The lowest BCUT2D eigenvalue weighted by molar-refractivity contribution is -0.120. The Morgan fingerprint density at radius 3 is 2.73 bits per heavy atom. The van der Waals surface area contributed by atoms with Crippen molar-refractivity contribution in [1.82, 2.24) is 4.57 Å². The SMILES string of the molecule is C#CCn1c(=NC(=O)COc2ccccc2)sc2cc(C(C)C)ccc21. The van der Waals surface area contributed by atoms with Crippen LogP contribution in [0, 0.1) is 12.3 Å². The minimum atomic E-state index is -0.338. The van der Waals surface area contributed by atoms with Gasteiger partial charge in [0.05, 0.1) is 16.8 Å². The maximum absolute atomic E-state index is 12.2. The molecule has 132 valence electrons. The first-order chi connectivity index (χ1) is 12.6. The monoisotopic (exact) mass is 364 g/mol. The Bertz CT molecular complexity index is 1020. The van der Waals surface area contributed by atoms with Crippen molar-refractivity contribution in [3.63, 3.8) is 0 Å². The maximum atomic E-state index is 12.2. The van der Waals surface area contributed by atoms with E-state index in [1.165, 1.54) is 16.9 Å². The lowest BCUT2D eigenvalue weighted by Gasteiger charge is -2.05. The molecule has 0 atom stereocenters. The standard InChI is InChI=1S/C21H20N2O2S/c1-4-12-23-18-11-10-16(15(2)3)13-19(18)26-21(23)22-20(24)14-25-17-8-6-5-7-9-17/h1,5-11,13,15H,12,14H2,2-3H3. The number of rotatable bonds is 5.